The highest BCUT2D eigenvalue weighted by Gasteiger charge is 2.32. The van der Waals surface area contributed by atoms with Gasteiger partial charge in [0.25, 0.3) is 0 Å². The van der Waals surface area contributed by atoms with Crippen LogP contribution in [-0.2, 0) is 57.1 Å². The number of nitrogens with zero attached hydrogens (tertiary/aromatic N) is 2. The average molecular weight is 1700 g/mol. The van der Waals surface area contributed by atoms with E-state index in [-0.39, 0.29) is 41.9 Å². The normalized spacial score (nSPS) is 14.8. The van der Waals surface area contributed by atoms with Crippen molar-refractivity contribution < 1.29 is 61.9 Å². The minimum absolute atomic E-state index is 0.00000481. The first-order valence-corrected chi connectivity index (χ1v) is 52.9. The molecule has 6 atom stereocenters. The fourth-order valence-corrected chi connectivity index (χ4v) is 19.2. The van der Waals surface area contributed by atoms with E-state index in [1.54, 1.807) is 0 Å². The van der Waals surface area contributed by atoms with E-state index in [2.05, 4.69) is 65.2 Å². The third kappa shape index (κ3) is 66.9. The van der Waals surface area contributed by atoms with Crippen molar-refractivity contribution >= 4 is 36.0 Å². The molecular formula is C105H198N2O13. The van der Waals surface area contributed by atoms with Crippen molar-refractivity contribution in [2.24, 2.45) is 41.4 Å². The zero-order valence-electron chi connectivity index (χ0n) is 80.5. The molecule has 6 unspecified atom stereocenters. The first-order valence-electron chi connectivity index (χ1n) is 52.9. The summed E-state index contributed by atoms with van der Waals surface area (Å²) < 4.78 is 41.1. The predicted octanol–water partition coefficient (Wildman–Crippen LogP) is 30.0. The largest absolute Gasteiger partial charge is 0.508 e. The van der Waals surface area contributed by atoms with Crippen LogP contribution in [0.4, 0.5) is 4.79 Å². The molecule has 0 amide bonds. The Hall–Kier alpha value is -3.46. The van der Waals surface area contributed by atoms with Gasteiger partial charge in [-0.3, -0.25) is 28.9 Å². The quantitative estimate of drug-likeness (QED) is 0.0319. The summed E-state index contributed by atoms with van der Waals surface area (Å²) in [5, 5.41) is 0. The van der Waals surface area contributed by atoms with Crippen molar-refractivity contribution in [3.63, 3.8) is 0 Å². The van der Waals surface area contributed by atoms with Crippen LogP contribution in [0.15, 0.2) is 0 Å². The van der Waals surface area contributed by atoms with Crippen molar-refractivity contribution in [1.29, 1.82) is 0 Å². The van der Waals surface area contributed by atoms with Gasteiger partial charge < -0.3 is 38.1 Å². The van der Waals surface area contributed by atoms with Crippen molar-refractivity contribution in [1.82, 2.24) is 9.80 Å². The van der Waals surface area contributed by atoms with E-state index in [9.17, 15) is 28.8 Å². The van der Waals surface area contributed by atoms with Gasteiger partial charge in [0.15, 0.2) is 0 Å². The molecule has 0 aromatic rings. The van der Waals surface area contributed by atoms with Crippen LogP contribution >= 0.6 is 0 Å². The van der Waals surface area contributed by atoms with Crippen LogP contribution in [0.25, 0.3) is 0 Å². The molecule has 0 aromatic carbocycles. The summed E-state index contributed by atoms with van der Waals surface area (Å²) in [4.78, 5) is 83.9. The van der Waals surface area contributed by atoms with E-state index in [1.807, 2.05) is 0 Å². The Morgan fingerprint density at radius 2 is 0.625 bits per heavy atom. The second-order valence-corrected chi connectivity index (χ2v) is 37.8. The van der Waals surface area contributed by atoms with Gasteiger partial charge >= 0.3 is 36.0 Å². The first-order chi connectivity index (χ1) is 58.8. The number of ether oxygens (including phenoxy) is 7. The molecule has 0 N–H and O–H groups in total. The fourth-order valence-electron chi connectivity index (χ4n) is 19.2. The van der Waals surface area contributed by atoms with Gasteiger partial charge in [0, 0.05) is 38.8 Å². The Morgan fingerprint density at radius 1 is 0.258 bits per heavy atom. The van der Waals surface area contributed by atoms with Crippen LogP contribution in [0, 0.1) is 41.4 Å². The van der Waals surface area contributed by atoms with E-state index in [1.165, 1.54) is 212 Å². The molecule has 706 valence electrons. The molecule has 2 fully saturated rings. The topological polar surface area (TPSA) is 174 Å². The minimum Gasteiger partial charge on any atom is -0.466 e. The Kier molecular flexibility index (Phi) is 78.6. The highest BCUT2D eigenvalue weighted by molar-refractivity contribution is 5.72. The lowest BCUT2D eigenvalue weighted by atomic mass is 9.69. The molecular weight excluding hydrogens is 1500 g/mol. The maximum absolute atomic E-state index is 13.8. The third-order valence-corrected chi connectivity index (χ3v) is 26.8. The molecule has 120 heavy (non-hydrogen) atoms. The van der Waals surface area contributed by atoms with E-state index >= 15 is 0 Å². The van der Waals surface area contributed by atoms with Crippen molar-refractivity contribution in [3.8, 4) is 0 Å². The lowest BCUT2D eigenvalue weighted by molar-refractivity contribution is -0.149. The number of rotatable bonds is 90. The number of carbonyl (C=O) groups excluding carboxylic acids is 6. The van der Waals surface area contributed by atoms with Crippen LogP contribution in [0.1, 0.15) is 511 Å². The highest BCUT2D eigenvalue weighted by atomic mass is 16.7. The molecule has 2 saturated heterocycles. The first kappa shape index (κ1) is 113. The number of esters is 5. The fraction of sp³-hybridized carbons (Fsp3) is 0.943. The summed E-state index contributed by atoms with van der Waals surface area (Å²) in [7, 11) is 0. The molecule has 0 aliphatic carbocycles. The molecule has 2 aliphatic rings. The molecule has 0 aromatic heterocycles. The van der Waals surface area contributed by atoms with Gasteiger partial charge in [0.05, 0.1) is 39.0 Å². The number of hydrogen-bond acceptors (Lipinski definition) is 15. The molecule has 2 rings (SSSR count). The highest BCUT2D eigenvalue weighted by Crippen LogP contribution is 2.41. The molecule has 15 heteroatoms. The summed E-state index contributed by atoms with van der Waals surface area (Å²) in [6.07, 6.45) is 76.3. The summed E-state index contributed by atoms with van der Waals surface area (Å²) in [5.74, 6) is 2.87. The summed E-state index contributed by atoms with van der Waals surface area (Å²) in [6.45, 7) is 27.5. The zero-order chi connectivity index (χ0) is 86.9. The standard InChI is InChI=1S/C105H198N2O13/c1-9-17-42-62-92(63-43-18-10-2)75-86-116-100(108)73-52-38-32-36-50-70-98(120-105(113)119-88-82-107-79-56-57-80-107)71-51-37-33-39-53-74-101(109)117-87-76-95(67-47-22-14-6)99(72-23-15-7)97(61-16-8)89-94(66-46-21-13-5)91-103(111)115-84-59-41-31-27-25-29-35-49-69-96(104(112)118-85-60-81-106-77-54-55-78-106)68-48-34-28-24-26-30-40-58-83-114-102(110)90-93(64-44-19-11-3)65-45-20-12-4/h92-99H,9-91H2,1-8H3. The van der Waals surface area contributed by atoms with Gasteiger partial charge in [-0.15, -0.1) is 0 Å². The van der Waals surface area contributed by atoms with Crippen molar-refractivity contribution in [2.45, 2.75) is 517 Å². The Morgan fingerprint density at radius 3 is 1.08 bits per heavy atom. The summed E-state index contributed by atoms with van der Waals surface area (Å²) in [6, 6.07) is 0. The van der Waals surface area contributed by atoms with E-state index in [4.69, 9.17) is 33.2 Å². The average Bonchev–Trinajstić information content (AvgIpc) is 1.15. The number of likely N-dealkylation sites (tertiary alicyclic amines) is 2. The van der Waals surface area contributed by atoms with Gasteiger partial charge in [-0.1, -0.05) is 344 Å². The van der Waals surface area contributed by atoms with Crippen LogP contribution in [0.5, 0.6) is 0 Å². The number of unbranched alkanes of at least 4 members (excludes halogenated alkanes) is 35. The van der Waals surface area contributed by atoms with Crippen molar-refractivity contribution in [2.75, 3.05) is 78.9 Å². The Bertz CT molecular complexity index is 2290. The van der Waals surface area contributed by atoms with Crippen LogP contribution in [-0.4, -0.2) is 131 Å². The van der Waals surface area contributed by atoms with Gasteiger partial charge in [0.2, 0.25) is 0 Å². The molecule has 2 heterocycles. The summed E-state index contributed by atoms with van der Waals surface area (Å²) in [5.41, 5.74) is 0. The van der Waals surface area contributed by atoms with E-state index in [0.717, 1.165) is 257 Å². The van der Waals surface area contributed by atoms with Crippen LogP contribution in [0.2, 0.25) is 0 Å². The van der Waals surface area contributed by atoms with Gasteiger partial charge in [0.1, 0.15) is 12.7 Å². The van der Waals surface area contributed by atoms with Crippen LogP contribution in [0.3, 0.4) is 0 Å². The van der Waals surface area contributed by atoms with E-state index < -0.39 is 6.16 Å². The number of carbonyl (C=O) groups is 6. The molecule has 0 radical (unpaired) electrons. The molecule has 0 bridgehead atoms. The van der Waals surface area contributed by atoms with Gasteiger partial charge in [-0.05, 0) is 203 Å². The monoisotopic (exact) mass is 1700 g/mol. The maximum atomic E-state index is 13.8. The summed E-state index contributed by atoms with van der Waals surface area (Å²) >= 11 is 0. The molecule has 2 aliphatic heterocycles. The Labute approximate surface area is 741 Å². The SMILES string of the molecule is CCCCCC(CCCCC)CCOC(=O)CCCCCCCC(CCCCCCCC(=O)OCCC(CCCCC)C(CCCC)C(CCC)CC(CCCCC)CC(=O)OCCCCCCCCCCC(CCCCCCCCCCOC(=O)CC(CCCCC)CCCCC)C(=O)OCCCN1CCCC1)OC(=O)OCCN1CCCC1. The van der Waals surface area contributed by atoms with E-state index in [0.29, 0.717) is 101 Å². The third-order valence-electron chi connectivity index (χ3n) is 26.8. The minimum atomic E-state index is -0.554. The lowest BCUT2D eigenvalue weighted by Crippen LogP contribution is -2.28. The number of hydrogen-bond donors (Lipinski definition) is 0. The second-order valence-electron chi connectivity index (χ2n) is 37.8. The predicted molar refractivity (Wildman–Crippen MR) is 502 cm³/mol. The van der Waals surface area contributed by atoms with Gasteiger partial charge in [-0.2, -0.15) is 0 Å². The maximum Gasteiger partial charge on any atom is 0.508 e. The molecule has 0 saturated carbocycles. The second kappa shape index (κ2) is 83.7. The van der Waals surface area contributed by atoms with Crippen LogP contribution < -0.4 is 0 Å². The molecule has 0 spiro atoms. The lowest BCUT2D eigenvalue weighted by Gasteiger charge is -2.36. The molecule has 15 nitrogen and oxygen atoms in total. The smallest absolute Gasteiger partial charge is 0.466 e. The van der Waals surface area contributed by atoms with Crippen molar-refractivity contribution in [3.05, 3.63) is 0 Å². The van der Waals surface area contributed by atoms with Gasteiger partial charge in [-0.25, -0.2) is 4.79 Å². The Balaban J connectivity index is 1.82. The zero-order valence-corrected chi connectivity index (χ0v) is 80.5.